The predicted octanol–water partition coefficient (Wildman–Crippen LogP) is -0.288. The number of nitrogens with two attached hydrogens (primary N) is 1. The van der Waals surface area contributed by atoms with Gasteiger partial charge in [-0.15, -0.1) is 16.9 Å². The van der Waals surface area contributed by atoms with E-state index in [0.717, 1.165) is 0 Å². The average molecular weight is 363 g/mol. The minimum atomic E-state index is -0.880. The highest BCUT2D eigenvalue weighted by Gasteiger charge is 2.63. The van der Waals surface area contributed by atoms with Crippen LogP contribution < -0.4 is 11.1 Å². The van der Waals surface area contributed by atoms with Gasteiger partial charge in [0.05, 0.1) is 12.5 Å². The third-order valence-electron chi connectivity index (χ3n) is 4.54. The fraction of sp³-hybridized carbons (Fsp3) is 0.500. The van der Waals surface area contributed by atoms with E-state index in [4.69, 9.17) is 10.2 Å². The number of aromatic amines is 1. The molecule has 132 valence electrons. The first-order chi connectivity index (χ1) is 11.9. The predicted molar refractivity (Wildman–Crippen MR) is 86.8 cm³/mol. The summed E-state index contributed by atoms with van der Waals surface area (Å²) in [5.41, 5.74) is 6.48. The number of carbonyl (C=O) groups excluding carboxylic acids is 2. The summed E-state index contributed by atoms with van der Waals surface area (Å²) in [6, 6.07) is -0.148. The first-order valence-corrected chi connectivity index (χ1v) is 8.60. The molecule has 2 aliphatic rings. The molecule has 0 aliphatic carbocycles. The van der Waals surface area contributed by atoms with Crippen molar-refractivity contribution in [3.05, 3.63) is 30.0 Å². The molecule has 0 radical (unpaired) electrons. The lowest BCUT2D eigenvalue weighted by molar-refractivity contribution is -0.152. The van der Waals surface area contributed by atoms with E-state index in [1.165, 1.54) is 12.5 Å². The number of rotatable bonds is 4. The number of thioether (sulfide) groups is 1. The second kappa shape index (κ2) is 5.56. The molecule has 4 heterocycles. The Morgan fingerprint density at radius 2 is 2.36 bits per heavy atom. The number of nitrogens with one attached hydrogen (secondary N) is 2. The number of aromatic nitrogens is 4. The molecule has 25 heavy (non-hydrogen) atoms. The lowest BCUT2D eigenvalue weighted by Crippen LogP contribution is -2.68. The van der Waals surface area contributed by atoms with Crippen LogP contribution in [0.5, 0.6) is 0 Å². The lowest BCUT2D eigenvalue weighted by Gasteiger charge is -2.44. The van der Waals surface area contributed by atoms with Crippen molar-refractivity contribution in [3.63, 3.8) is 0 Å². The number of H-pyrrole nitrogens is 1. The van der Waals surface area contributed by atoms with E-state index in [1.807, 2.05) is 13.8 Å². The number of hydrogen-bond donors (Lipinski definition) is 3. The van der Waals surface area contributed by atoms with Crippen molar-refractivity contribution in [1.29, 1.82) is 0 Å². The standard InChI is InChI=1S/C14H17N7O3S/c1-14(2)9(10-17-19-20-18-10)21-12(23)8(13(21)25-14)16-11(22)7(15)6-3-4-24-5-6/h3-5,7-9,13H,15H2,1-2H3,(H,16,22)(H,17,18,19,20)/t7?,8?,9?,13-/m0/s1. The van der Waals surface area contributed by atoms with Crippen molar-refractivity contribution in [2.24, 2.45) is 5.73 Å². The Hall–Kier alpha value is -2.40. The Bertz CT molecular complexity index is 791. The number of β-lactam (4-membered cyclic amide) rings is 1. The maximum Gasteiger partial charge on any atom is 0.249 e. The molecule has 10 nitrogen and oxygen atoms in total. The molecule has 4 atom stereocenters. The number of amides is 2. The van der Waals surface area contributed by atoms with Gasteiger partial charge in [0.25, 0.3) is 0 Å². The van der Waals surface area contributed by atoms with Gasteiger partial charge in [-0.3, -0.25) is 9.59 Å². The van der Waals surface area contributed by atoms with Gasteiger partial charge in [-0.05, 0) is 30.3 Å². The lowest BCUT2D eigenvalue weighted by atomic mass is 9.95. The molecule has 2 aliphatic heterocycles. The first kappa shape index (κ1) is 16.1. The van der Waals surface area contributed by atoms with Crippen LogP contribution in [0.4, 0.5) is 0 Å². The monoisotopic (exact) mass is 363 g/mol. The molecule has 0 saturated carbocycles. The zero-order valence-corrected chi connectivity index (χ0v) is 14.4. The summed E-state index contributed by atoms with van der Waals surface area (Å²) in [4.78, 5) is 26.7. The van der Waals surface area contributed by atoms with E-state index in [9.17, 15) is 9.59 Å². The van der Waals surface area contributed by atoms with Gasteiger partial charge in [0.1, 0.15) is 23.5 Å². The van der Waals surface area contributed by atoms with E-state index in [2.05, 4.69) is 25.9 Å². The van der Waals surface area contributed by atoms with E-state index in [0.29, 0.717) is 11.4 Å². The molecule has 0 spiro atoms. The smallest absolute Gasteiger partial charge is 0.249 e. The largest absolute Gasteiger partial charge is 0.472 e. The van der Waals surface area contributed by atoms with E-state index in [-0.39, 0.29) is 22.1 Å². The summed E-state index contributed by atoms with van der Waals surface area (Å²) in [7, 11) is 0. The van der Waals surface area contributed by atoms with E-state index >= 15 is 0 Å². The summed E-state index contributed by atoms with van der Waals surface area (Å²) in [5, 5.41) is 16.4. The quantitative estimate of drug-likeness (QED) is 0.629. The van der Waals surface area contributed by atoms with Gasteiger partial charge >= 0.3 is 0 Å². The number of nitrogens with zero attached hydrogens (tertiary/aromatic N) is 4. The number of hydrogen-bond acceptors (Lipinski definition) is 8. The molecule has 2 aromatic rings. The van der Waals surface area contributed by atoms with Gasteiger partial charge in [0.15, 0.2) is 5.82 Å². The number of tetrazole rings is 1. The van der Waals surface area contributed by atoms with Crippen LogP contribution in [-0.2, 0) is 9.59 Å². The fourth-order valence-electron chi connectivity index (χ4n) is 3.32. The van der Waals surface area contributed by atoms with Crippen LogP contribution in [0.3, 0.4) is 0 Å². The highest BCUT2D eigenvalue weighted by Crippen LogP contribution is 2.56. The van der Waals surface area contributed by atoms with Crippen molar-refractivity contribution in [1.82, 2.24) is 30.8 Å². The number of furan rings is 1. The molecule has 2 saturated heterocycles. The summed E-state index contributed by atoms with van der Waals surface area (Å²) in [6.45, 7) is 4.04. The Labute approximate surface area is 146 Å². The van der Waals surface area contributed by atoms with Crippen LogP contribution in [-0.4, -0.2) is 53.5 Å². The van der Waals surface area contributed by atoms with Crippen molar-refractivity contribution in [2.45, 2.75) is 42.1 Å². The Morgan fingerprint density at radius 1 is 1.56 bits per heavy atom. The normalized spacial score (nSPS) is 28.4. The van der Waals surface area contributed by atoms with Crippen LogP contribution >= 0.6 is 11.8 Å². The fourth-order valence-corrected chi connectivity index (χ4v) is 4.95. The number of fused-ring (bicyclic) bond motifs is 1. The van der Waals surface area contributed by atoms with Crippen LogP contribution in [0.2, 0.25) is 0 Å². The highest BCUT2D eigenvalue weighted by atomic mass is 32.2. The zero-order chi connectivity index (χ0) is 17.8. The molecule has 0 aromatic carbocycles. The first-order valence-electron chi connectivity index (χ1n) is 7.72. The highest BCUT2D eigenvalue weighted by molar-refractivity contribution is 8.01. The van der Waals surface area contributed by atoms with Gasteiger partial charge in [0.2, 0.25) is 11.8 Å². The van der Waals surface area contributed by atoms with Gasteiger partial charge in [-0.25, -0.2) is 5.10 Å². The molecule has 2 fully saturated rings. The minimum Gasteiger partial charge on any atom is -0.472 e. The number of carbonyl (C=O) groups is 2. The summed E-state index contributed by atoms with van der Waals surface area (Å²) in [6.07, 6.45) is 2.86. The molecule has 11 heteroatoms. The molecule has 0 bridgehead atoms. The van der Waals surface area contributed by atoms with Crippen molar-refractivity contribution >= 4 is 23.6 Å². The topological polar surface area (TPSA) is 143 Å². The molecular weight excluding hydrogens is 346 g/mol. The summed E-state index contributed by atoms with van der Waals surface area (Å²) >= 11 is 1.60. The second-order valence-corrected chi connectivity index (χ2v) is 8.34. The van der Waals surface area contributed by atoms with Gasteiger partial charge in [-0.1, -0.05) is 0 Å². The molecule has 4 N–H and O–H groups in total. The van der Waals surface area contributed by atoms with Gasteiger partial charge in [-0.2, -0.15) is 0 Å². The maximum absolute atomic E-state index is 12.6. The SMILES string of the molecule is CC1(C)S[C@H]2C(NC(=O)C(N)c3ccoc3)C(=O)N2C1c1nnn[nH]1. The zero-order valence-electron chi connectivity index (χ0n) is 13.5. The molecule has 2 amide bonds. The maximum atomic E-state index is 12.6. The minimum absolute atomic E-state index is 0.169. The van der Waals surface area contributed by atoms with Gasteiger partial charge in [0, 0.05) is 10.3 Å². The van der Waals surface area contributed by atoms with E-state index in [1.54, 1.807) is 22.7 Å². The molecule has 3 unspecified atom stereocenters. The average Bonchev–Trinajstić information content (AvgIpc) is 3.30. The Kier molecular flexibility index (Phi) is 3.58. The van der Waals surface area contributed by atoms with Crippen molar-refractivity contribution in [2.75, 3.05) is 0 Å². The third-order valence-corrected chi connectivity index (χ3v) is 6.12. The molecule has 2 aromatic heterocycles. The second-order valence-electron chi connectivity index (χ2n) is 6.57. The van der Waals surface area contributed by atoms with E-state index < -0.39 is 18.0 Å². The summed E-state index contributed by atoms with van der Waals surface area (Å²) in [5.74, 6) is -0.0481. The third kappa shape index (κ3) is 2.42. The Balaban J connectivity index is 1.50. The summed E-state index contributed by atoms with van der Waals surface area (Å²) < 4.78 is 4.64. The molecule has 4 rings (SSSR count). The van der Waals surface area contributed by atoms with Crippen LogP contribution in [0.15, 0.2) is 23.0 Å². The Morgan fingerprint density at radius 3 is 3.00 bits per heavy atom. The van der Waals surface area contributed by atoms with Crippen LogP contribution in [0.25, 0.3) is 0 Å². The molecular formula is C14H17N7O3S. The van der Waals surface area contributed by atoms with Crippen LogP contribution in [0, 0.1) is 0 Å². The van der Waals surface area contributed by atoms with Crippen molar-refractivity contribution < 1.29 is 14.0 Å². The van der Waals surface area contributed by atoms with Gasteiger partial charge < -0.3 is 20.4 Å². The van der Waals surface area contributed by atoms with Crippen molar-refractivity contribution in [3.8, 4) is 0 Å². The van der Waals surface area contributed by atoms with Crippen LogP contribution in [0.1, 0.15) is 37.3 Å².